The number of hydrogen-bond acceptors (Lipinski definition) is 10. The first-order chi connectivity index (χ1) is 23.1. The van der Waals surface area contributed by atoms with Gasteiger partial charge in [-0.15, -0.1) is 0 Å². The highest BCUT2D eigenvalue weighted by atomic mass is 16.5. The van der Waals surface area contributed by atoms with Crippen molar-refractivity contribution in [3.63, 3.8) is 0 Å². The first-order valence-electron chi connectivity index (χ1n) is 17.1. The van der Waals surface area contributed by atoms with E-state index in [1.54, 1.807) is 50.2 Å². The molecule has 12 heteroatoms. The second kappa shape index (κ2) is 17.1. The molecule has 0 saturated heterocycles. The molecular formula is C37H53N5O7. The molecular weight excluding hydrogens is 626 g/mol. The van der Waals surface area contributed by atoms with Gasteiger partial charge >= 0.3 is 0 Å². The number of nitrogens with zero attached hydrogens (tertiary/aromatic N) is 2. The monoisotopic (exact) mass is 679 g/mol. The van der Waals surface area contributed by atoms with Crippen LogP contribution in [0.4, 0.5) is 5.82 Å². The molecule has 1 aromatic heterocycles. The molecule has 268 valence electrons. The summed E-state index contributed by atoms with van der Waals surface area (Å²) >= 11 is 0. The van der Waals surface area contributed by atoms with E-state index in [2.05, 4.69) is 10.3 Å². The number of amides is 2. The van der Waals surface area contributed by atoms with Crippen LogP contribution in [0, 0.1) is 29.1 Å². The maximum Gasteiger partial charge on any atom is 0.258 e. The summed E-state index contributed by atoms with van der Waals surface area (Å²) in [4.78, 5) is 76.4. The van der Waals surface area contributed by atoms with Crippen molar-refractivity contribution in [3.8, 4) is 5.75 Å². The third-order valence-corrected chi connectivity index (χ3v) is 9.71. The van der Waals surface area contributed by atoms with E-state index in [1.807, 2.05) is 27.7 Å². The molecule has 49 heavy (non-hydrogen) atoms. The zero-order valence-electron chi connectivity index (χ0n) is 29.7. The maximum atomic E-state index is 15.1. The van der Waals surface area contributed by atoms with Crippen LogP contribution in [0.15, 0.2) is 48.7 Å². The lowest BCUT2D eigenvalue weighted by Gasteiger charge is -2.45. The summed E-state index contributed by atoms with van der Waals surface area (Å²) < 4.78 is 5.57. The fourth-order valence-electron chi connectivity index (χ4n) is 6.75. The number of para-hydroxylation sites is 1. The lowest BCUT2D eigenvalue weighted by atomic mass is 9.59. The van der Waals surface area contributed by atoms with Crippen molar-refractivity contribution in [3.05, 3.63) is 54.2 Å². The van der Waals surface area contributed by atoms with Gasteiger partial charge < -0.3 is 26.6 Å². The highest BCUT2D eigenvalue weighted by Gasteiger charge is 2.63. The molecule has 1 heterocycles. The number of carbonyl (C=O) groups is 5. The molecule has 1 aliphatic rings. The van der Waals surface area contributed by atoms with Crippen molar-refractivity contribution in [1.29, 1.82) is 0 Å². The van der Waals surface area contributed by atoms with Crippen molar-refractivity contribution in [1.82, 2.24) is 10.3 Å². The Kier molecular flexibility index (Phi) is 13.8. The number of rotatable bonds is 15. The van der Waals surface area contributed by atoms with Crippen LogP contribution >= 0.6 is 0 Å². The van der Waals surface area contributed by atoms with Crippen LogP contribution in [0.5, 0.6) is 5.75 Å². The summed E-state index contributed by atoms with van der Waals surface area (Å²) in [6.45, 7) is 10.4. The summed E-state index contributed by atoms with van der Waals surface area (Å²) in [5.74, 6) is -5.30. The van der Waals surface area contributed by atoms with Crippen molar-refractivity contribution >= 4 is 35.0 Å². The van der Waals surface area contributed by atoms with E-state index in [0.717, 1.165) is 4.90 Å². The second-order valence-corrected chi connectivity index (χ2v) is 13.9. The highest BCUT2D eigenvalue weighted by molar-refractivity contribution is 6.19. The molecule has 12 nitrogen and oxygen atoms in total. The fraction of sp³-hybridized carbons (Fsp3) is 0.568. The first-order valence-corrected chi connectivity index (χ1v) is 17.1. The quantitative estimate of drug-likeness (QED) is 0.123. The molecule has 2 amide bonds. The lowest BCUT2D eigenvalue weighted by Crippen LogP contribution is -2.64. The van der Waals surface area contributed by atoms with Gasteiger partial charge in [0.2, 0.25) is 5.91 Å². The van der Waals surface area contributed by atoms with Gasteiger partial charge in [-0.3, -0.25) is 28.9 Å². The number of benzene rings is 1. The smallest absolute Gasteiger partial charge is 0.258 e. The molecule has 0 bridgehead atoms. The third-order valence-electron chi connectivity index (χ3n) is 9.71. The van der Waals surface area contributed by atoms with E-state index in [9.17, 15) is 24.3 Å². The van der Waals surface area contributed by atoms with E-state index in [-0.39, 0.29) is 36.1 Å². The number of aliphatic hydroxyl groups is 1. The maximum absolute atomic E-state index is 15.1. The number of nitrogens with one attached hydrogen (secondary N) is 1. The molecule has 0 spiro atoms. The number of anilines is 1. The van der Waals surface area contributed by atoms with Gasteiger partial charge in [-0.2, -0.15) is 0 Å². The topological polar surface area (TPSA) is 195 Å². The predicted octanol–water partition coefficient (Wildman–Crippen LogP) is 3.09. The van der Waals surface area contributed by atoms with E-state index < -0.39 is 77.3 Å². The largest absolute Gasteiger partial charge is 0.484 e. The van der Waals surface area contributed by atoms with Gasteiger partial charge in [-0.05, 0) is 54.9 Å². The Morgan fingerprint density at radius 3 is 2.31 bits per heavy atom. The normalized spacial score (nSPS) is 22.2. The number of nitrogens with two attached hydrogens (primary N) is 2. The van der Waals surface area contributed by atoms with Crippen LogP contribution in [0.1, 0.15) is 77.6 Å². The molecule has 3 rings (SSSR count). The zero-order chi connectivity index (χ0) is 36.6. The number of aliphatic hydroxyl groups excluding tert-OH is 1. The van der Waals surface area contributed by atoms with Gasteiger partial charge in [0, 0.05) is 25.7 Å². The molecule has 1 aliphatic carbocycles. The van der Waals surface area contributed by atoms with Crippen molar-refractivity contribution < 1.29 is 33.8 Å². The SMILES string of the molecule is CC[C@H](C)[C@H](N)C(=O)c1cccnc1N(C)C(=O)[C@]1(C(C)C)C(=O)C(NC(=O)COc2ccccc2)CCC(=O)C1[C@H](O)[C@@H](N)CC(C)C. The summed E-state index contributed by atoms with van der Waals surface area (Å²) in [7, 11) is 1.38. The Bertz CT molecular complexity index is 1480. The van der Waals surface area contributed by atoms with Gasteiger partial charge in [0.1, 0.15) is 22.8 Å². The summed E-state index contributed by atoms with van der Waals surface area (Å²) in [6.07, 6.45) is 0.505. The molecule has 0 aliphatic heterocycles. The molecule has 6 N–H and O–H groups in total. The standard InChI is InChI=1S/C37H53N5O7/c1-8-23(6)31(39)32(45)25-15-12-18-40-35(25)42(7)36(48)37(22(4)5)30(33(46)26(38)19-21(2)3)28(43)17-16-27(34(37)47)41-29(44)20-49-24-13-10-9-11-14-24/h9-15,18,21-23,26-27,30-31,33,46H,8,16-17,19-20,38-39H2,1-7H3,(H,41,44)/t23-,26-,27?,30?,31-,33+,37-/m0/s1. The van der Waals surface area contributed by atoms with Gasteiger partial charge in [-0.1, -0.05) is 66.2 Å². The number of aromatic nitrogens is 1. The van der Waals surface area contributed by atoms with E-state index in [1.165, 1.54) is 19.3 Å². The number of ether oxygens (including phenoxy) is 1. The minimum Gasteiger partial charge on any atom is -0.484 e. The van der Waals surface area contributed by atoms with Crippen LogP contribution in [0.3, 0.4) is 0 Å². The number of pyridine rings is 1. The van der Waals surface area contributed by atoms with Crippen molar-refractivity contribution in [2.45, 2.75) is 91.5 Å². The third kappa shape index (κ3) is 8.60. The van der Waals surface area contributed by atoms with Crippen LogP contribution in [0.2, 0.25) is 0 Å². The minimum atomic E-state index is -2.20. The Hall–Kier alpha value is -4.00. The summed E-state index contributed by atoms with van der Waals surface area (Å²) in [5, 5.41) is 14.5. The summed E-state index contributed by atoms with van der Waals surface area (Å²) in [5.41, 5.74) is 10.7. The Labute approximate surface area is 289 Å². The summed E-state index contributed by atoms with van der Waals surface area (Å²) in [6, 6.07) is 8.65. The average Bonchev–Trinajstić information content (AvgIpc) is 3.19. The Balaban J connectivity index is 2.15. The highest BCUT2D eigenvalue weighted by Crippen LogP contribution is 2.46. The Morgan fingerprint density at radius 1 is 1.06 bits per heavy atom. The van der Waals surface area contributed by atoms with Crippen LogP contribution < -0.4 is 26.4 Å². The van der Waals surface area contributed by atoms with Gasteiger partial charge in [0.05, 0.1) is 29.7 Å². The number of ketones is 3. The zero-order valence-corrected chi connectivity index (χ0v) is 29.7. The van der Waals surface area contributed by atoms with Gasteiger partial charge in [-0.25, -0.2) is 4.98 Å². The number of hydrogen-bond donors (Lipinski definition) is 4. The molecule has 2 aromatic rings. The van der Waals surface area contributed by atoms with Crippen LogP contribution in [-0.2, 0) is 19.2 Å². The van der Waals surface area contributed by atoms with E-state index >= 15 is 4.79 Å². The molecule has 2 unspecified atom stereocenters. The second-order valence-electron chi connectivity index (χ2n) is 13.9. The minimum absolute atomic E-state index is 0.0431. The predicted molar refractivity (Wildman–Crippen MR) is 187 cm³/mol. The first kappa shape index (κ1) is 39.4. The van der Waals surface area contributed by atoms with Gasteiger partial charge in [0.25, 0.3) is 5.91 Å². The van der Waals surface area contributed by atoms with Gasteiger partial charge in [0.15, 0.2) is 18.2 Å². The number of carbonyl (C=O) groups excluding carboxylic acids is 5. The Morgan fingerprint density at radius 2 is 1.71 bits per heavy atom. The van der Waals surface area contributed by atoms with Crippen LogP contribution in [-0.4, -0.2) is 77.1 Å². The molecule has 7 atom stereocenters. The molecule has 1 fully saturated rings. The van der Waals surface area contributed by atoms with Crippen LogP contribution in [0.25, 0.3) is 0 Å². The lowest BCUT2D eigenvalue weighted by molar-refractivity contribution is -0.159. The fourth-order valence-corrected chi connectivity index (χ4v) is 6.75. The molecule has 1 saturated carbocycles. The number of Topliss-reactive ketones (excluding diaryl/α,β-unsaturated/α-hetero) is 3. The molecule has 1 aromatic carbocycles. The molecule has 0 radical (unpaired) electrons. The van der Waals surface area contributed by atoms with Crippen molar-refractivity contribution in [2.75, 3.05) is 18.6 Å². The van der Waals surface area contributed by atoms with E-state index in [4.69, 9.17) is 16.2 Å². The van der Waals surface area contributed by atoms with Crippen molar-refractivity contribution in [2.24, 2.45) is 40.6 Å². The van der Waals surface area contributed by atoms with E-state index in [0.29, 0.717) is 18.6 Å². The average molecular weight is 680 g/mol.